The van der Waals surface area contributed by atoms with E-state index in [4.69, 9.17) is 4.74 Å². The Labute approximate surface area is 208 Å². The predicted octanol–water partition coefficient (Wildman–Crippen LogP) is 3.63. The molecular weight excluding hydrogens is 468 g/mol. The van der Waals surface area contributed by atoms with Gasteiger partial charge in [-0.1, -0.05) is 29.5 Å². The lowest BCUT2D eigenvalue weighted by molar-refractivity contribution is -0.128. The van der Waals surface area contributed by atoms with Crippen LogP contribution in [-0.2, 0) is 16.1 Å². The van der Waals surface area contributed by atoms with Crippen molar-refractivity contribution < 1.29 is 14.3 Å². The third kappa shape index (κ3) is 5.82. The lowest BCUT2D eigenvalue weighted by atomic mass is 10.2. The van der Waals surface area contributed by atoms with Gasteiger partial charge in [-0.05, 0) is 44.2 Å². The van der Waals surface area contributed by atoms with Crippen LogP contribution in [0.2, 0.25) is 0 Å². The number of para-hydroxylation sites is 1. The Bertz CT molecular complexity index is 1200. The number of nitrogens with zero attached hydrogens (tertiary/aromatic N) is 4. The Morgan fingerprint density at radius 2 is 1.79 bits per heavy atom. The van der Waals surface area contributed by atoms with Crippen LogP contribution in [0.5, 0.6) is 5.75 Å². The van der Waals surface area contributed by atoms with Crippen molar-refractivity contribution in [3.8, 4) is 5.75 Å². The molecule has 4 rings (SSSR count). The third-order valence-electron chi connectivity index (χ3n) is 5.71. The van der Waals surface area contributed by atoms with Gasteiger partial charge in [-0.25, -0.2) is 0 Å². The number of benzene rings is 2. The standard InChI is InChI=1S/C25H30N4O3S2/c1-3-29-21-11-10-20(32-4-2)16-22(21)34-25(29)26-23(30)17-33-18-24(31)28-14-12-27(13-15-28)19-8-6-5-7-9-19/h5-11,16H,3-4,12-15,17-18H2,1-2H3. The molecule has 0 unspecified atom stereocenters. The molecule has 1 aliphatic heterocycles. The van der Waals surface area contributed by atoms with E-state index in [1.54, 1.807) is 0 Å². The molecule has 7 nitrogen and oxygen atoms in total. The van der Waals surface area contributed by atoms with Gasteiger partial charge in [-0.3, -0.25) is 9.59 Å². The van der Waals surface area contributed by atoms with Crippen LogP contribution in [0.1, 0.15) is 13.8 Å². The monoisotopic (exact) mass is 498 g/mol. The molecule has 0 radical (unpaired) electrons. The van der Waals surface area contributed by atoms with Gasteiger partial charge in [0.15, 0.2) is 4.80 Å². The first-order chi connectivity index (χ1) is 16.6. The molecule has 0 saturated carbocycles. The van der Waals surface area contributed by atoms with Crippen molar-refractivity contribution in [2.45, 2.75) is 20.4 Å². The minimum absolute atomic E-state index is 0.0828. The molecule has 0 aliphatic carbocycles. The molecular formula is C25H30N4O3S2. The van der Waals surface area contributed by atoms with Crippen molar-refractivity contribution in [1.29, 1.82) is 0 Å². The Morgan fingerprint density at radius 3 is 2.50 bits per heavy atom. The van der Waals surface area contributed by atoms with E-state index in [1.807, 2.05) is 59.7 Å². The van der Waals surface area contributed by atoms with Crippen molar-refractivity contribution in [3.63, 3.8) is 0 Å². The summed E-state index contributed by atoms with van der Waals surface area (Å²) >= 11 is 2.82. The van der Waals surface area contributed by atoms with Gasteiger partial charge in [0.25, 0.3) is 5.91 Å². The lowest BCUT2D eigenvalue weighted by Gasteiger charge is -2.36. The Morgan fingerprint density at radius 1 is 1.03 bits per heavy atom. The number of fused-ring (bicyclic) bond motifs is 1. The summed E-state index contributed by atoms with van der Waals surface area (Å²) in [7, 11) is 0. The van der Waals surface area contributed by atoms with Crippen molar-refractivity contribution in [2.24, 2.45) is 4.99 Å². The fourth-order valence-corrected chi connectivity index (χ4v) is 5.85. The average Bonchev–Trinajstić information content (AvgIpc) is 3.20. The van der Waals surface area contributed by atoms with E-state index in [2.05, 4.69) is 22.0 Å². The molecule has 3 aromatic rings. The molecule has 1 aliphatic rings. The number of carbonyl (C=O) groups is 2. The van der Waals surface area contributed by atoms with Crippen LogP contribution in [0.4, 0.5) is 5.69 Å². The highest BCUT2D eigenvalue weighted by molar-refractivity contribution is 8.00. The predicted molar refractivity (Wildman–Crippen MR) is 140 cm³/mol. The summed E-state index contributed by atoms with van der Waals surface area (Å²) in [5, 5.41) is 0. The van der Waals surface area contributed by atoms with E-state index >= 15 is 0 Å². The molecule has 2 amide bonds. The zero-order valence-corrected chi connectivity index (χ0v) is 21.2. The minimum Gasteiger partial charge on any atom is -0.494 e. The summed E-state index contributed by atoms with van der Waals surface area (Å²) in [6.07, 6.45) is 0. The Kier molecular flexibility index (Phi) is 8.29. The number of hydrogen-bond acceptors (Lipinski definition) is 6. The van der Waals surface area contributed by atoms with Gasteiger partial charge in [0, 0.05) is 38.4 Å². The fraction of sp³-hybridized carbons (Fsp3) is 0.400. The van der Waals surface area contributed by atoms with E-state index in [-0.39, 0.29) is 17.6 Å². The number of thioether (sulfide) groups is 1. The summed E-state index contributed by atoms with van der Waals surface area (Å²) in [5.41, 5.74) is 2.23. The maximum atomic E-state index is 12.6. The first-order valence-corrected chi connectivity index (χ1v) is 13.6. The van der Waals surface area contributed by atoms with Crippen molar-refractivity contribution >= 4 is 50.8 Å². The van der Waals surface area contributed by atoms with Crippen LogP contribution < -0.4 is 14.4 Å². The van der Waals surface area contributed by atoms with Crippen LogP contribution >= 0.6 is 23.1 Å². The molecule has 1 fully saturated rings. The van der Waals surface area contributed by atoms with Crippen LogP contribution in [0, 0.1) is 0 Å². The minimum atomic E-state index is -0.217. The van der Waals surface area contributed by atoms with Crippen molar-refractivity contribution in [1.82, 2.24) is 9.47 Å². The summed E-state index contributed by atoms with van der Waals surface area (Å²) in [4.78, 5) is 34.4. The first-order valence-electron chi connectivity index (χ1n) is 11.6. The van der Waals surface area contributed by atoms with Gasteiger partial charge in [-0.2, -0.15) is 4.99 Å². The third-order valence-corrected chi connectivity index (χ3v) is 7.65. The number of aromatic nitrogens is 1. The number of ether oxygens (including phenoxy) is 1. The Balaban J connectivity index is 1.30. The van der Waals surface area contributed by atoms with E-state index in [0.717, 1.165) is 35.6 Å². The second kappa shape index (κ2) is 11.6. The van der Waals surface area contributed by atoms with Gasteiger partial charge < -0.3 is 19.1 Å². The molecule has 1 aromatic heterocycles. The smallest absolute Gasteiger partial charge is 0.258 e. The number of amides is 2. The highest BCUT2D eigenvalue weighted by Gasteiger charge is 2.21. The van der Waals surface area contributed by atoms with Gasteiger partial charge in [0.05, 0.1) is 28.3 Å². The van der Waals surface area contributed by atoms with Crippen LogP contribution in [0.25, 0.3) is 10.2 Å². The fourth-order valence-electron chi connectivity index (χ4n) is 4.01. The second-order valence-electron chi connectivity index (χ2n) is 7.89. The number of aryl methyl sites for hydroxylation is 1. The number of hydrogen-bond donors (Lipinski definition) is 0. The van der Waals surface area contributed by atoms with Crippen molar-refractivity contribution in [3.05, 3.63) is 53.3 Å². The van der Waals surface area contributed by atoms with E-state index in [9.17, 15) is 9.59 Å². The zero-order valence-electron chi connectivity index (χ0n) is 19.6. The number of anilines is 1. The first kappa shape index (κ1) is 24.3. The van der Waals surface area contributed by atoms with Crippen molar-refractivity contribution in [2.75, 3.05) is 49.2 Å². The molecule has 34 heavy (non-hydrogen) atoms. The van der Waals surface area contributed by atoms with Crippen LogP contribution in [0.3, 0.4) is 0 Å². The molecule has 1 saturated heterocycles. The molecule has 0 bridgehead atoms. The number of carbonyl (C=O) groups excluding carboxylic acids is 2. The lowest BCUT2D eigenvalue weighted by Crippen LogP contribution is -2.49. The topological polar surface area (TPSA) is 67.1 Å². The summed E-state index contributed by atoms with van der Waals surface area (Å²) in [6.45, 7) is 8.38. The number of thiazole rings is 1. The quantitative estimate of drug-likeness (QED) is 0.475. The average molecular weight is 499 g/mol. The van der Waals surface area contributed by atoms with E-state index < -0.39 is 0 Å². The Hall–Kier alpha value is -2.78. The second-order valence-corrected chi connectivity index (χ2v) is 9.89. The number of rotatable bonds is 8. The van der Waals surface area contributed by atoms with Crippen LogP contribution in [0.15, 0.2) is 53.5 Å². The normalized spacial score (nSPS) is 14.6. The van der Waals surface area contributed by atoms with E-state index in [0.29, 0.717) is 30.3 Å². The summed E-state index contributed by atoms with van der Waals surface area (Å²) in [6, 6.07) is 16.2. The zero-order chi connectivity index (χ0) is 23.9. The highest BCUT2D eigenvalue weighted by Crippen LogP contribution is 2.23. The SMILES string of the molecule is CCOc1ccc2c(c1)sc(=NC(=O)CSCC(=O)N1CCN(c3ccccc3)CC1)n2CC. The summed E-state index contributed by atoms with van der Waals surface area (Å²) in [5.74, 6) is 1.17. The van der Waals surface area contributed by atoms with Gasteiger partial charge in [0.2, 0.25) is 5.91 Å². The molecule has 2 heterocycles. The summed E-state index contributed by atoms with van der Waals surface area (Å²) < 4.78 is 8.67. The van der Waals surface area contributed by atoms with Crippen LogP contribution in [-0.4, -0.2) is 65.6 Å². The van der Waals surface area contributed by atoms with Gasteiger partial charge in [-0.15, -0.1) is 11.8 Å². The van der Waals surface area contributed by atoms with Gasteiger partial charge in [0.1, 0.15) is 5.75 Å². The molecule has 0 spiro atoms. The molecule has 180 valence electrons. The molecule has 2 aromatic carbocycles. The number of piperazine rings is 1. The van der Waals surface area contributed by atoms with E-state index in [1.165, 1.54) is 28.8 Å². The van der Waals surface area contributed by atoms with Gasteiger partial charge >= 0.3 is 0 Å². The maximum Gasteiger partial charge on any atom is 0.258 e. The molecule has 9 heteroatoms. The largest absolute Gasteiger partial charge is 0.494 e. The molecule has 0 atom stereocenters. The highest BCUT2D eigenvalue weighted by atomic mass is 32.2. The molecule has 0 N–H and O–H groups in total. The maximum absolute atomic E-state index is 12.6.